The molecule has 1 aromatic carbocycles. The van der Waals surface area contributed by atoms with Gasteiger partial charge in [-0.25, -0.2) is 0 Å². The molecule has 0 aliphatic heterocycles. The molecular weight excluding hydrogens is 294 g/mol. The SMILES string of the molecule is CCc1cccc(C)c1NC(c1cccs1)c1cccs1. The lowest BCUT2D eigenvalue weighted by atomic mass is 10.0. The molecule has 0 fully saturated rings. The van der Waals surface area contributed by atoms with Crippen molar-refractivity contribution in [3.05, 3.63) is 74.1 Å². The molecule has 0 bridgehead atoms. The van der Waals surface area contributed by atoms with Gasteiger partial charge in [-0.1, -0.05) is 37.3 Å². The second-order valence-electron chi connectivity index (χ2n) is 5.07. The van der Waals surface area contributed by atoms with Gasteiger partial charge in [0.1, 0.15) is 0 Å². The maximum absolute atomic E-state index is 3.79. The summed E-state index contributed by atoms with van der Waals surface area (Å²) in [5, 5.41) is 8.09. The number of para-hydroxylation sites is 1. The highest BCUT2D eigenvalue weighted by molar-refractivity contribution is 7.11. The van der Waals surface area contributed by atoms with Crippen molar-refractivity contribution in [3.63, 3.8) is 0 Å². The molecule has 0 radical (unpaired) electrons. The Bertz CT molecular complexity index is 650. The number of hydrogen-bond acceptors (Lipinski definition) is 3. The first-order valence-electron chi connectivity index (χ1n) is 7.21. The summed E-state index contributed by atoms with van der Waals surface area (Å²) in [4.78, 5) is 2.73. The lowest BCUT2D eigenvalue weighted by molar-refractivity contribution is 0.975. The molecule has 2 aromatic heterocycles. The predicted molar refractivity (Wildman–Crippen MR) is 94.7 cm³/mol. The molecular formula is C18H19NS2. The Labute approximate surface area is 134 Å². The molecule has 0 spiro atoms. The van der Waals surface area contributed by atoms with Crippen LogP contribution in [0.5, 0.6) is 0 Å². The molecule has 0 aliphatic rings. The summed E-state index contributed by atoms with van der Waals surface area (Å²) in [6.07, 6.45) is 1.05. The first-order chi connectivity index (χ1) is 10.3. The van der Waals surface area contributed by atoms with Gasteiger partial charge in [-0.05, 0) is 47.4 Å². The smallest absolute Gasteiger partial charge is 0.0953 e. The Hall–Kier alpha value is -1.58. The van der Waals surface area contributed by atoms with Crippen molar-refractivity contribution in [3.8, 4) is 0 Å². The van der Waals surface area contributed by atoms with Crippen molar-refractivity contribution in [2.75, 3.05) is 5.32 Å². The van der Waals surface area contributed by atoms with Crippen molar-refractivity contribution in [1.29, 1.82) is 0 Å². The third-order valence-electron chi connectivity index (χ3n) is 3.68. The summed E-state index contributed by atoms with van der Waals surface area (Å²) >= 11 is 3.62. The minimum atomic E-state index is 0.247. The van der Waals surface area contributed by atoms with Gasteiger partial charge in [-0.15, -0.1) is 22.7 Å². The van der Waals surface area contributed by atoms with Gasteiger partial charge < -0.3 is 5.32 Å². The van der Waals surface area contributed by atoms with E-state index in [2.05, 4.69) is 72.4 Å². The zero-order valence-electron chi connectivity index (χ0n) is 12.3. The fourth-order valence-corrected chi connectivity index (χ4v) is 4.23. The van der Waals surface area contributed by atoms with Crippen LogP contribution in [-0.2, 0) is 6.42 Å². The molecule has 0 aliphatic carbocycles. The number of thiophene rings is 2. The summed E-state index contributed by atoms with van der Waals surface area (Å²) in [5.41, 5.74) is 3.98. The highest BCUT2D eigenvalue weighted by Crippen LogP contribution is 2.34. The normalized spacial score (nSPS) is 11.0. The molecule has 1 N–H and O–H groups in total. The summed E-state index contributed by atoms with van der Waals surface area (Å²) < 4.78 is 0. The molecule has 21 heavy (non-hydrogen) atoms. The molecule has 2 heterocycles. The van der Waals surface area contributed by atoms with Gasteiger partial charge in [-0.2, -0.15) is 0 Å². The van der Waals surface area contributed by atoms with Crippen molar-refractivity contribution in [2.24, 2.45) is 0 Å². The molecule has 0 amide bonds. The van der Waals surface area contributed by atoms with Gasteiger partial charge in [0, 0.05) is 15.4 Å². The summed E-state index contributed by atoms with van der Waals surface area (Å²) in [6.45, 7) is 4.40. The molecule has 3 heteroatoms. The Morgan fingerprint density at radius 1 is 0.952 bits per heavy atom. The molecule has 0 saturated carbocycles. The van der Waals surface area contributed by atoms with E-state index in [1.165, 1.54) is 26.6 Å². The molecule has 3 aromatic rings. The topological polar surface area (TPSA) is 12.0 Å². The molecule has 0 unspecified atom stereocenters. The number of benzene rings is 1. The predicted octanol–water partition coefficient (Wildman–Crippen LogP) is 5.88. The van der Waals surface area contributed by atoms with Gasteiger partial charge in [0.2, 0.25) is 0 Å². The van der Waals surface area contributed by atoms with Gasteiger partial charge in [0.05, 0.1) is 6.04 Å². The quantitative estimate of drug-likeness (QED) is 0.620. The number of anilines is 1. The second-order valence-corrected chi connectivity index (χ2v) is 7.03. The maximum Gasteiger partial charge on any atom is 0.0953 e. The highest BCUT2D eigenvalue weighted by atomic mass is 32.1. The van der Waals surface area contributed by atoms with Crippen LogP contribution < -0.4 is 5.32 Å². The van der Waals surface area contributed by atoms with E-state index in [0.717, 1.165) is 6.42 Å². The summed E-state index contributed by atoms with van der Waals surface area (Å²) in [6, 6.07) is 15.5. The molecule has 0 saturated heterocycles. The van der Waals surface area contributed by atoms with Gasteiger partial charge in [0.25, 0.3) is 0 Å². The summed E-state index contributed by atoms with van der Waals surface area (Å²) in [7, 11) is 0. The van der Waals surface area contributed by atoms with Crippen LogP contribution in [0.15, 0.2) is 53.2 Å². The van der Waals surface area contributed by atoms with Crippen LogP contribution in [0, 0.1) is 6.92 Å². The van der Waals surface area contributed by atoms with E-state index in [1.807, 2.05) is 22.7 Å². The van der Waals surface area contributed by atoms with Gasteiger partial charge in [0.15, 0.2) is 0 Å². The van der Waals surface area contributed by atoms with Crippen LogP contribution >= 0.6 is 22.7 Å². The summed E-state index contributed by atoms with van der Waals surface area (Å²) in [5.74, 6) is 0. The van der Waals surface area contributed by atoms with E-state index in [4.69, 9.17) is 0 Å². The lowest BCUT2D eigenvalue weighted by Crippen LogP contribution is -2.12. The largest absolute Gasteiger partial charge is 0.372 e. The van der Waals surface area contributed by atoms with Crippen molar-refractivity contribution < 1.29 is 0 Å². The van der Waals surface area contributed by atoms with E-state index in [-0.39, 0.29) is 6.04 Å². The standard InChI is InChI=1S/C18H19NS2/c1-3-14-8-4-7-13(2)17(14)19-18(15-9-5-11-20-15)16-10-6-12-21-16/h4-12,18-19H,3H2,1-2H3. The second kappa shape index (κ2) is 6.46. The first-order valence-corrected chi connectivity index (χ1v) is 8.97. The Balaban J connectivity index is 2.00. The van der Waals surface area contributed by atoms with Crippen LogP contribution in [0.25, 0.3) is 0 Å². The van der Waals surface area contributed by atoms with Crippen molar-refractivity contribution >= 4 is 28.4 Å². The van der Waals surface area contributed by atoms with Gasteiger partial charge >= 0.3 is 0 Å². The zero-order chi connectivity index (χ0) is 14.7. The number of hydrogen-bond donors (Lipinski definition) is 1. The van der Waals surface area contributed by atoms with Crippen molar-refractivity contribution in [1.82, 2.24) is 0 Å². The van der Waals surface area contributed by atoms with Crippen LogP contribution in [0.1, 0.15) is 33.8 Å². The lowest BCUT2D eigenvalue weighted by Gasteiger charge is -2.21. The van der Waals surface area contributed by atoms with E-state index >= 15 is 0 Å². The van der Waals surface area contributed by atoms with Crippen LogP contribution in [0.4, 0.5) is 5.69 Å². The molecule has 3 rings (SSSR count). The monoisotopic (exact) mass is 313 g/mol. The van der Waals surface area contributed by atoms with Crippen molar-refractivity contribution in [2.45, 2.75) is 26.3 Å². The van der Waals surface area contributed by atoms with Crippen LogP contribution in [0.2, 0.25) is 0 Å². The average molecular weight is 313 g/mol. The Morgan fingerprint density at radius 3 is 2.14 bits per heavy atom. The third kappa shape index (κ3) is 3.04. The minimum absolute atomic E-state index is 0.247. The number of rotatable bonds is 5. The first kappa shape index (κ1) is 14.4. The average Bonchev–Trinajstić information content (AvgIpc) is 3.19. The number of nitrogens with one attached hydrogen (secondary N) is 1. The van der Waals surface area contributed by atoms with E-state index in [1.54, 1.807) is 0 Å². The Kier molecular flexibility index (Phi) is 4.42. The zero-order valence-corrected chi connectivity index (χ0v) is 13.9. The highest BCUT2D eigenvalue weighted by Gasteiger charge is 2.18. The minimum Gasteiger partial charge on any atom is -0.372 e. The number of aryl methyl sites for hydroxylation is 2. The van der Waals surface area contributed by atoms with Crippen LogP contribution in [-0.4, -0.2) is 0 Å². The molecule has 0 atom stereocenters. The third-order valence-corrected chi connectivity index (χ3v) is 5.56. The van der Waals surface area contributed by atoms with E-state index in [9.17, 15) is 0 Å². The van der Waals surface area contributed by atoms with Gasteiger partial charge in [-0.3, -0.25) is 0 Å². The molecule has 108 valence electrons. The Morgan fingerprint density at radius 2 is 1.62 bits per heavy atom. The van der Waals surface area contributed by atoms with Crippen LogP contribution in [0.3, 0.4) is 0 Å². The fourth-order valence-electron chi connectivity index (χ4n) is 2.57. The van der Waals surface area contributed by atoms with E-state index in [0.29, 0.717) is 0 Å². The van der Waals surface area contributed by atoms with E-state index < -0.39 is 0 Å². The fraction of sp³-hybridized carbons (Fsp3) is 0.222. The molecule has 1 nitrogen and oxygen atoms in total. The maximum atomic E-state index is 3.79.